The summed E-state index contributed by atoms with van der Waals surface area (Å²) in [6.07, 6.45) is 1.27. The lowest BCUT2D eigenvalue weighted by Gasteiger charge is -2.22. The first-order valence-electron chi connectivity index (χ1n) is 6.47. The molecule has 6 nitrogen and oxygen atoms in total. The number of nitrogens with two attached hydrogens (primary N) is 1. The first-order chi connectivity index (χ1) is 10.5. The lowest BCUT2D eigenvalue weighted by atomic mass is 10.1. The van der Waals surface area contributed by atoms with Gasteiger partial charge in [-0.25, -0.2) is 9.02 Å². The Labute approximate surface area is 134 Å². The number of carbonyl (C=O) groups is 1. The molecule has 1 aromatic carbocycles. The van der Waals surface area contributed by atoms with E-state index in [0.29, 0.717) is 24.2 Å². The Hall–Kier alpha value is -2.22. The van der Waals surface area contributed by atoms with Gasteiger partial charge in [0.25, 0.3) is 0 Å². The number of nitrogens with zero attached hydrogens (tertiary/aromatic N) is 3. The van der Waals surface area contributed by atoms with Crippen LogP contribution in [0, 0.1) is 5.82 Å². The van der Waals surface area contributed by atoms with Gasteiger partial charge in [0.15, 0.2) is 11.5 Å². The Balaban J connectivity index is 2.61. The van der Waals surface area contributed by atoms with E-state index in [4.69, 9.17) is 5.73 Å². The van der Waals surface area contributed by atoms with Crippen LogP contribution in [0.1, 0.15) is 26.0 Å². The number of hydrogen-bond acceptors (Lipinski definition) is 5. The van der Waals surface area contributed by atoms with Gasteiger partial charge in [-0.15, -0.1) is 0 Å². The second kappa shape index (κ2) is 6.69. The van der Waals surface area contributed by atoms with Crippen molar-refractivity contribution >= 4 is 39.5 Å². The van der Waals surface area contributed by atoms with Crippen molar-refractivity contribution in [3.63, 3.8) is 0 Å². The fourth-order valence-corrected chi connectivity index (χ4v) is 2.29. The van der Waals surface area contributed by atoms with Gasteiger partial charge in [0.05, 0.1) is 15.9 Å². The van der Waals surface area contributed by atoms with Crippen molar-refractivity contribution < 1.29 is 13.8 Å². The quantitative estimate of drug-likeness (QED) is 0.817. The van der Waals surface area contributed by atoms with Crippen molar-refractivity contribution in [3.8, 4) is 0 Å². The predicted octanol–water partition coefficient (Wildman–Crippen LogP) is 3.36. The van der Waals surface area contributed by atoms with E-state index in [-0.39, 0.29) is 16.0 Å². The summed E-state index contributed by atoms with van der Waals surface area (Å²) in [5.74, 6) is -0.342. The monoisotopic (exact) mass is 368 g/mol. The summed E-state index contributed by atoms with van der Waals surface area (Å²) in [5, 5.41) is 7.31. The van der Waals surface area contributed by atoms with Crippen molar-refractivity contribution in [3.05, 3.63) is 39.8 Å². The van der Waals surface area contributed by atoms with Gasteiger partial charge < -0.3 is 5.73 Å². The maximum atomic E-state index is 13.4. The number of amides is 1. The maximum Gasteiger partial charge on any atom is 0.218 e. The van der Waals surface area contributed by atoms with E-state index in [2.05, 4.69) is 30.9 Å². The van der Waals surface area contributed by atoms with Crippen molar-refractivity contribution in [2.75, 3.05) is 10.6 Å². The van der Waals surface area contributed by atoms with Crippen LogP contribution in [-0.4, -0.2) is 16.7 Å². The van der Waals surface area contributed by atoms with Crippen LogP contribution in [0.2, 0.25) is 0 Å². The Morgan fingerprint density at radius 3 is 2.73 bits per heavy atom. The average Bonchev–Trinajstić information content (AvgIpc) is 2.92. The zero-order valence-electron chi connectivity index (χ0n) is 12.0. The number of hydrogen-bond donors (Lipinski definition) is 1. The largest absolute Gasteiger partial charge is 0.379 e. The van der Waals surface area contributed by atoms with Crippen LogP contribution < -0.4 is 10.6 Å². The summed E-state index contributed by atoms with van der Waals surface area (Å²) >= 11 is 3.11. The highest BCUT2D eigenvalue weighted by Gasteiger charge is 2.22. The van der Waals surface area contributed by atoms with Gasteiger partial charge in [-0.1, -0.05) is 6.92 Å². The van der Waals surface area contributed by atoms with E-state index in [1.807, 2.05) is 13.8 Å². The molecule has 0 unspecified atom stereocenters. The molecule has 1 heterocycles. The molecule has 0 aliphatic rings. The first-order valence-corrected chi connectivity index (χ1v) is 7.26. The molecule has 0 aliphatic heterocycles. The molecule has 22 heavy (non-hydrogen) atoms. The normalized spacial score (nSPS) is 12.0. The van der Waals surface area contributed by atoms with E-state index in [9.17, 15) is 9.18 Å². The van der Waals surface area contributed by atoms with Gasteiger partial charge in [0.2, 0.25) is 6.41 Å². The van der Waals surface area contributed by atoms with Gasteiger partial charge in [-0.3, -0.25) is 9.69 Å². The molecule has 0 radical (unpaired) electrons. The van der Waals surface area contributed by atoms with Crippen LogP contribution in [0.3, 0.4) is 0 Å². The van der Waals surface area contributed by atoms with E-state index in [1.54, 1.807) is 0 Å². The third kappa shape index (κ3) is 3.01. The molecule has 0 saturated carbocycles. The minimum atomic E-state index is -0.421. The van der Waals surface area contributed by atoms with Gasteiger partial charge in [-0.2, -0.15) is 0 Å². The van der Waals surface area contributed by atoms with E-state index in [0.717, 1.165) is 5.57 Å². The second-order valence-corrected chi connectivity index (χ2v) is 5.41. The van der Waals surface area contributed by atoms with Crippen molar-refractivity contribution in [2.24, 2.45) is 0 Å². The summed E-state index contributed by atoms with van der Waals surface area (Å²) < 4.78 is 18.3. The molecule has 0 saturated heterocycles. The van der Waals surface area contributed by atoms with E-state index in [1.165, 1.54) is 23.1 Å². The summed E-state index contributed by atoms with van der Waals surface area (Å²) in [6.45, 7) is 3.78. The number of halogens is 2. The molecule has 2 aromatic rings. The highest BCUT2D eigenvalue weighted by molar-refractivity contribution is 9.10. The lowest BCUT2D eigenvalue weighted by molar-refractivity contribution is -0.106. The molecular formula is C14H14BrFN4O2. The molecule has 0 aliphatic carbocycles. The molecule has 1 amide bonds. The standard InChI is InChI=1S/C14H14BrFN4O2/c1-3-8(2)13(12-14(17)19-22-18-12)20(7-21)9-4-5-11(16)10(15)6-9/h4-7H,3H2,1-2H3,(H2,17,19)/b13-8+. The van der Waals surface area contributed by atoms with Gasteiger partial charge in [-0.05, 0) is 63.4 Å². The van der Waals surface area contributed by atoms with Crippen LogP contribution in [0.4, 0.5) is 15.9 Å². The van der Waals surface area contributed by atoms with E-state index < -0.39 is 5.82 Å². The Morgan fingerprint density at radius 2 is 2.23 bits per heavy atom. The second-order valence-electron chi connectivity index (χ2n) is 4.55. The van der Waals surface area contributed by atoms with Crippen molar-refractivity contribution in [1.82, 2.24) is 10.3 Å². The molecule has 0 spiro atoms. The number of benzene rings is 1. The summed E-state index contributed by atoms with van der Waals surface area (Å²) in [7, 11) is 0. The Bertz CT molecular complexity index is 729. The summed E-state index contributed by atoms with van der Waals surface area (Å²) in [6, 6.07) is 4.25. The molecule has 0 atom stereocenters. The first kappa shape index (κ1) is 16.2. The summed E-state index contributed by atoms with van der Waals surface area (Å²) in [5.41, 5.74) is 7.81. The Morgan fingerprint density at radius 1 is 1.50 bits per heavy atom. The number of carbonyl (C=O) groups excluding carboxylic acids is 1. The number of rotatable bonds is 5. The highest BCUT2D eigenvalue weighted by atomic mass is 79.9. The Kier molecular flexibility index (Phi) is 4.92. The topological polar surface area (TPSA) is 85.2 Å². The smallest absolute Gasteiger partial charge is 0.218 e. The molecule has 0 bridgehead atoms. The van der Waals surface area contributed by atoms with Crippen LogP contribution in [0.25, 0.3) is 5.70 Å². The molecule has 116 valence electrons. The number of anilines is 2. The number of nitrogen functional groups attached to an aromatic ring is 1. The zero-order chi connectivity index (χ0) is 16.3. The molecular weight excluding hydrogens is 355 g/mol. The minimum absolute atomic E-state index is 0.0795. The van der Waals surface area contributed by atoms with Crippen LogP contribution in [0.5, 0.6) is 0 Å². The molecule has 2 rings (SSSR count). The summed E-state index contributed by atoms with van der Waals surface area (Å²) in [4.78, 5) is 13.0. The fourth-order valence-electron chi connectivity index (χ4n) is 1.93. The number of aromatic nitrogens is 2. The zero-order valence-corrected chi connectivity index (χ0v) is 13.6. The molecule has 8 heteroatoms. The van der Waals surface area contributed by atoms with Crippen LogP contribution in [0.15, 0.2) is 32.9 Å². The maximum absolute atomic E-state index is 13.4. The van der Waals surface area contributed by atoms with Crippen molar-refractivity contribution in [1.29, 1.82) is 0 Å². The molecule has 2 N–H and O–H groups in total. The lowest BCUT2D eigenvalue weighted by Crippen LogP contribution is -2.21. The minimum Gasteiger partial charge on any atom is -0.379 e. The molecule has 0 fully saturated rings. The van der Waals surface area contributed by atoms with Crippen molar-refractivity contribution in [2.45, 2.75) is 20.3 Å². The van der Waals surface area contributed by atoms with Gasteiger partial charge >= 0.3 is 0 Å². The predicted molar refractivity (Wildman–Crippen MR) is 84.2 cm³/mol. The third-order valence-corrected chi connectivity index (χ3v) is 3.81. The van der Waals surface area contributed by atoms with Crippen LogP contribution >= 0.6 is 15.9 Å². The van der Waals surface area contributed by atoms with E-state index >= 15 is 0 Å². The average molecular weight is 369 g/mol. The third-order valence-electron chi connectivity index (χ3n) is 3.20. The SMILES string of the molecule is CC/C(C)=C(\c1nonc1N)N(C=O)c1ccc(F)c(Br)c1. The van der Waals surface area contributed by atoms with Crippen LogP contribution in [-0.2, 0) is 4.79 Å². The number of allylic oxidation sites excluding steroid dienone is 1. The van der Waals surface area contributed by atoms with Gasteiger partial charge in [0.1, 0.15) is 5.82 Å². The van der Waals surface area contributed by atoms with Gasteiger partial charge in [0, 0.05) is 0 Å². The molecule has 1 aromatic heterocycles. The highest BCUT2D eigenvalue weighted by Crippen LogP contribution is 2.32. The fraction of sp³-hybridized carbons (Fsp3) is 0.214.